The van der Waals surface area contributed by atoms with Crippen LogP contribution in [0.5, 0.6) is 5.75 Å². The van der Waals surface area contributed by atoms with Crippen molar-refractivity contribution in [3.63, 3.8) is 0 Å². The third-order valence-electron chi connectivity index (χ3n) is 2.94. The molecule has 0 unspecified atom stereocenters. The molecule has 1 saturated carbocycles. The van der Waals surface area contributed by atoms with Crippen molar-refractivity contribution >= 4 is 9.84 Å². The van der Waals surface area contributed by atoms with Gasteiger partial charge in [0.2, 0.25) is 0 Å². The number of rotatable bonds is 4. The average molecular weight is 240 g/mol. The molecule has 4 heteroatoms. The second kappa shape index (κ2) is 3.77. The molecule has 0 N–H and O–H groups in total. The summed E-state index contributed by atoms with van der Waals surface area (Å²) in [6, 6.07) is 6.59. The molecular weight excluding hydrogens is 224 g/mol. The molecule has 0 spiro atoms. The quantitative estimate of drug-likeness (QED) is 0.811. The summed E-state index contributed by atoms with van der Waals surface area (Å²) >= 11 is 0. The van der Waals surface area contributed by atoms with Crippen molar-refractivity contribution in [2.24, 2.45) is 5.41 Å². The maximum Gasteiger partial charge on any atom is 0.175 e. The van der Waals surface area contributed by atoms with E-state index in [1.54, 1.807) is 24.3 Å². The van der Waals surface area contributed by atoms with E-state index in [9.17, 15) is 8.42 Å². The highest BCUT2D eigenvalue weighted by Gasteiger charge is 2.38. The van der Waals surface area contributed by atoms with E-state index in [-0.39, 0.29) is 0 Å². The molecule has 0 atom stereocenters. The molecule has 3 nitrogen and oxygen atoms in total. The van der Waals surface area contributed by atoms with Crippen LogP contribution in [0, 0.1) is 5.41 Å². The van der Waals surface area contributed by atoms with Gasteiger partial charge in [-0.05, 0) is 37.1 Å². The van der Waals surface area contributed by atoms with E-state index in [4.69, 9.17) is 4.74 Å². The van der Waals surface area contributed by atoms with Gasteiger partial charge in [0.1, 0.15) is 5.75 Å². The van der Waals surface area contributed by atoms with Crippen LogP contribution in [-0.2, 0) is 9.84 Å². The molecule has 1 aromatic carbocycles. The number of hydrogen-bond acceptors (Lipinski definition) is 3. The van der Waals surface area contributed by atoms with Crippen LogP contribution in [-0.4, -0.2) is 21.3 Å². The van der Waals surface area contributed by atoms with Crippen LogP contribution in [0.4, 0.5) is 0 Å². The van der Waals surface area contributed by atoms with Crippen LogP contribution < -0.4 is 4.74 Å². The second-order valence-electron chi connectivity index (χ2n) is 4.84. The molecule has 1 aliphatic carbocycles. The highest BCUT2D eigenvalue weighted by molar-refractivity contribution is 7.90. The Balaban J connectivity index is 2.02. The number of ether oxygens (including phenoxy) is 1. The third kappa shape index (κ3) is 2.76. The normalized spacial score (nSPS) is 18.1. The van der Waals surface area contributed by atoms with Crippen molar-refractivity contribution in [1.82, 2.24) is 0 Å². The largest absolute Gasteiger partial charge is 0.493 e. The number of benzene rings is 1. The minimum atomic E-state index is -3.11. The summed E-state index contributed by atoms with van der Waals surface area (Å²) < 4.78 is 28.1. The molecule has 0 heterocycles. The Bertz CT molecular complexity index is 469. The Labute approximate surface area is 96.4 Å². The van der Waals surface area contributed by atoms with Crippen molar-refractivity contribution in [3.8, 4) is 5.75 Å². The highest BCUT2D eigenvalue weighted by Crippen LogP contribution is 2.45. The van der Waals surface area contributed by atoms with Gasteiger partial charge in [-0.3, -0.25) is 0 Å². The van der Waals surface area contributed by atoms with Gasteiger partial charge < -0.3 is 4.74 Å². The van der Waals surface area contributed by atoms with Gasteiger partial charge in [0.15, 0.2) is 9.84 Å². The third-order valence-corrected chi connectivity index (χ3v) is 4.07. The van der Waals surface area contributed by atoms with Crippen molar-refractivity contribution < 1.29 is 13.2 Å². The first-order valence-electron chi connectivity index (χ1n) is 5.32. The fourth-order valence-electron chi connectivity index (χ4n) is 1.40. The van der Waals surface area contributed by atoms with E-state index in [1.807, 2.05) is 0 Å². The Morgan fingerprint density at radius 1 is 1.25 bits per heavy atom. The molecule has 0 radical (unpaired) electrons. The Kier molecular flexibility index (Phi) is 2.70. The molecule has 1 fully saturated rings. The zero-order valence-corrected chi connectivity index (χ0v) is 10.4. The van der Waals surface area contributed by atoms with Gasteiger partial charge in [0.05, 0.1) is 11.5 Å². The summed E-state index contributed by atoms with van der Waals surface area (Å²) in [4.78, 5) is 0.331. The minimum Gasteiger partial charge on any atom is -0.493 e. The predicted octanol–water partition coefficient (Wildman–Crippen LogP) is 2.27. The van der Waals surface area contributed by atoms with Crippen molar-refractivity contribution in [1.29, 1.82) is 0 Å². The van der Waals surface area contributed by atoms with E-state index < -0.39 is 9.84 Å². The maximum absolute atomic E-state index is 11.2. The lowest BCUT2D eigenvalue weighted by Crippen LogP contribution is -2.08. The fourth-order valence-corrected chi connectivity index (χ4v) is 2.03. The number of hydrogen-bond donors (Lipinski definition) is 0. The molecule has 0 saturated heterocycles. The van der Waals surface area contributed by atoms with E-state index in [0.717, 1.165) is 5.75 Å². The molecule has 88 valence electrons. The number of sulfone groups is 1. The zero-order chi connectivity index (χ0) is 11.8. The van der Waals surface area contributed by atoms with Gasteiger partial charge in [-0.1, -0.05) is 6.92 Å². The lowest BCUT2D eigenvalue weighted by atomic mass is 10.2. The summed E-state index contributed by atoms with van der Waals surface area (Å²) in [7, 11) is -3.11. The van der Waals surface area contributed by atoms with Crippen LogP contribution in [0.25, 0.3) is 0 Å². The smallest absolute Gasteiger partial charge is 0.175 e. The summed E-state index contributed by atoms with van der Waals surface area (Å²) in [5, 5.41) is 0. The summed E-state index contributed by atoms with van der Waals surface area (Å²) in [6.07, 6.45) is 3.64. The molecule has 1 aliphatic rings. The first kappa shape index (κ1) is 11.5. The van der Waals surface area contributed by atoms with Crippen LogP contribution in [0.3, 0.4) is 0 Å². The molecule has 0 bridgehead atoms. The molecule has 0 aliphatic heterocycles. The maximum atomic E-state index is 11.2. The van der Waals surface area contributed by atoms with Crippen LogP contribution in [0.1, 0.15) is 19.8 Å². The van der Waals surface area contributed by atoms with E-state index in [1.165, 1.54) is 19.1 Å². The Morgan fingerprint density at radius 2 is 1.81 bits per heavy atom. The first-order chi connectivity index (χ1) is 7.39. The standard InChI is InChI=1S/C12H16O3S/c1-12(7-8-12)9-15-10-3-5-11(6-4-10)16(2,13)14/h3-6H,7-9H2,1-2H3. The molecular formula is C12H16O3S. The fraction of sp³-hybridized carbons (Fsp3) is 0.500. The van der Waals surface area contributed by atoms with Crippen LogP contribution >= 0.6 is 0 Å². The Hall–Kier alpha value is -1.03. The molecule has 2 rings (SSSR count). The topological polar surface area (TPSA) is 43.4 Å². The van der Waals surface area contributed by atoms with Crippen molar-refractivity contribution in [3.05, 3.63) is 24.3 Å². The SMILES string of the molecule is CC1(COc2ccc(S(C)(=O)=O)cc2)CC1. The summed E-state index contributed by atoms with van der Waals surface area (Å²) in [5.74, 6) is 0.737. The lowest BCUT2D eigenvalue weighted by Gasteiger charge is -2.10. The molecule has 16 heavy (non-hydrogen) atoms. The monoisotopic (exact) mass is 240 g/mol. The van der Waals surface area contributed by atoms with Gasteiger partial charge in [0.25, 0.3) is 0 Å². The van der Waals surface area contributed by atoms with Gasteiger partial charge in [-0.25, -0.2) is 8.42 Å². The molecule has 1 aromatic rings. The Morgan fingerprint density at radius 3 is 2.25 bits per heavy atom. The summed E-state index contributed by atoms with van der Waals surface area (Å²) in [6.45, 7) is 2.91. The summed E-state index contributed by atoms with van der Waals surface area (Å²) in [5.41, 5.74) is 0.343. The van der Waals surface area contributed by atoms with Crippen molar-refractivity contribution in [2.75, 3.05) is 12.9 Å². The van der Waals surface area contributed by atoms with Crippen LogP contribution in [0.15, 0.2) is 29.2 Å². The zero-order valence-electron chi connectivity index (χ0n) is 9.56. The lowest BCUT2D eigenvalue weighted by molar-refractivity contribution is 0.247. The minimum absolute atomic E-state index is 0.331. The van der Waals surface area contributed by atoms with E-state index in [0.29, 0.717) is 16.9 Å². The van der Waals surface area contributed by atoms with E-state index >= 15 is 0 Å². The van der Waals surface area contributed by atoms with Crippen LogP contribution in [0.2, 0.25) is 0 Å². The van der Waals surface area contributed by atoms with Gasteiger partial charge in [-0.15, -0.1) is 0 Å². The average Bonchev–Trinajstić information content (AvgIpc) is 2.94. The van der Waals surface area contributed by atoms with Gasteiger partial charge in [0, 0.05) is 11.7 Å². The first-order valence-corrected chi connectivity index (χ1v) is 7.21. The highest BCUT2D eigenvalue weighted by atomic mass is 32.2. The second-order valence-corrected chi connectivity index (χ2v) is 6.86. The van der Waals surface area contributed by atoms with Gasteiger partial charge in [-0.2, -0.15) is 0 Å². The van der Waals surface area contributed by atoms with E-state index in [2.05, 4.69) is 6.92 Å². The van der Waals surface area contributed by atoms with Crippen molar-refractivity contribution in [2.45, 2.75) is 24.7 Å². The predicted molar refractivity (Wildman–Crippen MR) is 62.4 cm³/mol. The molecule has 0 amide bonds. The van der Waals surface area contributed by atoms with Gasteiger partial charge >= 0.3 is 0 Å². The molecule has 0 aromatic heterocycles.